The van der Waals surface area contributed by atoms with E-state index in [4.69, 9.17) is 62.3 Å². The van der Waals surface area contributed by atoms with Crippen molar-refractivity contribution in [2.45, 2.75) is 54.5 Å². The van der Waals surface area contributed by atoms with Gasteiger partial charge in [0.25, 0.3) is 0 Å². The predicted molar refractivity (Wildman–Crippen MR) is 132 cm³/mol. The number of hydrogen-bond donors (Lipinski definition) is 3. The van der Waals surface area contributed by atoms with Gasteiger partial charge in [-0.05, 0) is 19.8 Å². The molecule has 2 aromatic heterocycles. The van der Waals surface area contributed by atoms with E-state index in [2.05, 4.69) is 15.1 Å². The standard InChI is InChI=1S/C19H23B6N5O4/c1-3-33-13(34-4-2)5-11-14(27-9-28-15(11)26)10-6-29-30(7-10)8-12-16(20,21)19(25,32)18(23,24)17(12,22)31/h6-7,9,12-13,31-32H,3-5,8H2,1-2H3,(H2,26,27,28). The molecule has 0 spiro atoms. The summed E-state index contributed by atoms with van der Waals surface area (Å²) in [5.74, 6) is -1.02. The summed E-state index contributed by atoms with van der Waals surface area (Å²) in [6.07, 6.45) is 4.22. The number of nitrogens with two attached hydrogens (primary N) is 1. The number of rotatable bonds is 9. The lowest BCUT2D eigenvalue weighted by Gasteiger charge is -2.47. The third kappa shape index (κ3) is 4.25. The lowest BCUT2D eigenvalue weighted by Crippen LogP contribution is -2.54. The minimum absolute atomic E-state index is 0.175. The highest BCUT2D eigenvalue weighted by atomic mass is 16.7. The van der Waals surface area contributed by atoms with Gasteiger partial charge in [-0.25, -0.2) is 9.97 Å². The van der Waals surface area contributed by atoms with Crippen molar-refractivity contribution in [3.8, 4) is 11.3 Å². The minimum Gasteiger partial charge on any atom is -0.402 e. The molecule has 0 amide bonds. The normalized spacial score (nSPS) is 27.9. The van der Waals surface area contributed by atoms with E-state index in [-0.39, 0.29) is 12.4 Å². The molecule has 3 rings (SSSR count). The Bertz CT molecular complexity index is 987. The van der Waals surface area contributed by atoms with Gasteiger partial charge in [-0.15, -0.1) is 0 Å². The highest BCUT2D eigenvalue weighted by molar-refractivity contribution is 6.56. The van der Waals surface area contributed by atoms with Gasteiger partial charge in [0.15, 0.2) is 6.29 Å². The molecule has 2 aromatic rings. The maximum absolute atomic E-state index is 10.8. The third-order valence-corrected chi connectivity index (χ3v) is 6.39. The quantitative estimate of drug-likeness (QED) is 0.299. The maximum atomic E-state index is 10.8. The molecule has 2 heterocycles. The molecule has 1 saturated carbocycles. The van der Waals surface area contributed by atoms with Crippen LogP contribution >= 0.6 is 0 Å². The molecule has 3 unspecified atom stereocenters. The zero-order valence-electron chi connectivity index (χ0n) is 19.3. The van der Waals surface area contributed by atoms with E-state index in [9.17, 15) is 10.2 Å². The van der Waals surface area contributed by atoms with Crippen LogP contribution in [-0.2, 0) is 22.4 Å². The Kier molecular flexibility index (Phi) is 7.45. The smallest absolute Gasteiger partial charge is 0.161 e. The first-order chi connectivity index (χ1) is 15.7. The fourth-order valence-electron chi connectivity index (χ4n) is 4.22. The highest BCUT2D eigenvalue weighted by Crippen LogP contribution is 2.65. The van der Waals surface area contributed by atoms with Crippen molar-refractivity contribution in [1.82, 2.24) is 19.7 Å². The van der Waals surface area contributed by atoms with Crippen LogP contribution in [0.1, 0.15) is 19.4 Å². The second-order valence-electron chi connectivity index (χ2n) is 8.53. The van der Waals surface area contributed by atoms with Crippen molar-refractivity contribution in [1.29, 1.82) is 0 Å². The monoisotopic (exact) mass is 451 g/mol. The number of ether oxygens (including phenoxy) is 2. The van der Waals surface area contributed by atoms with Crippen LogP contribution in [0.15, 0.2) is 18.7 Å². The van der Waals surface area contributed by atoms with Gasteiger partial charge in [-0.1, -0.05) is 10.4 Å². The van der Waals surface area contributed by atoms with E-state index < -0.39 is 33.6 Å². The van der Waals surface area contributed by atoms with E-state index in [0.29, 0.717) is 36.5 Å². The average molecular weight is 450 g/mol. The summed E-state index contributed by atoms with van der Waals surface area (Å²) in [6.45, 7) is 4.45. The first kappa shape index (κ1) is 26.9. The molecule has 1 aliphatic carbocycles. The summed E-state index contributed by atoms with van der Waals surface area (Å²) in [5, 5.41) is 21.2. The van der Waals surface area contributed by atoms with Crippen molar-refractivity contribution in [3.63, 3.8) is 0 Å². The van der Waals surface area contributed by atoms with Gasteiger partial charge in [-0.2, -0.15) is 5.10 Å². The molecule has 1 fully saturated rings. The fraction of sp³-hybridized carbons (Fsp3) is 0.632. The second kappa shape index (κ2) is 9.41. The zero-order valence-corrected chi connectivity index (χ0v) is 19.3. The van der Waals surface area contributed by atoms with Crippen LogP contribution in [0.2, 0.25) is 10.4 Å². The van der Waals surface area contributed by atoms with Gasteiger partial charge in [0.1, 0.15) is 27.8 Å². The molecule has 12 radical (unpaired) electrons. The molecule has 4 N–H and O–H groups in total. The van der Waals surface area contributed by atoms with E-state index in [1.807, 2.05) is 13.8 Å². The lowest BCUT2D eigenvalue weighted by molar-refractivity contribution is -0.134. The van der Waals surface area contributed by atoms with Crippen molar-refractivity contribution in [2.75, 3.05) is 18.9 Å². The second-order valence-corrected chi connectivity index (χ2v) is 8.53. The summed E-state index contributed by atoms with van der Waals surface area (Å²) in [7, 11) is 35.7. The number of anilines is 1. The number of aromatic nitrogens is 4. The van der Waals surface area contributed by atoms with Crippen molar-refractivity contribution in [2.24, 2.45) is 5.92 Å². The maximum Gasteiger partial charge on any atom is 0.161 e. The van der Waals surface area contributed by atoms with Crippen LogP contribution in [-0.4, -0.2) is 108 Å². The fourth-order valence-corrected chi connectivity index (χ4v) is 4.22. The molecule has 34 heavy (non-hydrogen) atoms. The van der Waals surface area contributed by atoms with Gasteiger partial charge in [0, 0.05) is 54.5 Å². The minimum atomic E-state index is -2.59. The van der Waals surface area contributed by atoms with Crippen molar-refractivity contribution in [3.05, 3.63) is 24.3 Å². The van der Waals surface area contributed by atoms with Gasteiger partial charge in [-0.3, -0.25) is 4.68 Å². The summed E-state index contributed by atoms with van der Waals surface area (Å²) >= 11 is 0. The Balaban J connectivity index is 1.93. The SMILES string of the molecule is [B]C1([B])C(Cn2cc(-c3ncnc(N)c3CC(OCC)OCC)cn2)C([B])(O)C([B])([B])C1([B])O. The number of aliphatic hydroxyl groups is 2. The van der Waals surface area contributed by atoms with Crippen LogP contribution in [0, 0.1) is 5.92 Å². The van der Waals surface area contributed by atoms with E-state index in [0.717, 1.165) is 0 Å². The molecular weight excluding hydrogens is 427 g/mol. The Morgan fingerprint density at radius 2 is 1.71 bits per heavy atom. The van der Waals surface area contributed by atoms with E-state index in [1.54, 1.807) is 6.20 Å². The lowest BCUT2D eigenvalue weighted by atomic mass is 9.30. The number of nitrogens with zero attached hydrogens (tertiary/aromatic N) is 4. The molecule has 1 aliphatic rings. The molecule has 0 bridgehead atoms. The number of nitrogen functional groups attached to an aromatic ring is 1. The van der Waals surface area contributed by atoms with Gasteiger partial charge in [0.05, 0.1) is 43.3 Å². The summed E-state index contributed by atoms with van der Waals surface area (Å²) in [5.41, 5.74) is 2.79. The predicted octanol–water partition coefficient (Wildman–Crippen LogP) is -1.89. The van der Waals surface area contributed by atoms with Crippen LogP contribution < -0.4 is 5.73 Å². The Labute approximate surface area is 207 Å². The van der Waals surface area contributed by atoms with E-state index >= 15 is 0 Å². The van der Waals surface area contributed by atoms with Crippen LogP contribution in [0.3, 0.4) is 0 Å². The Morgan fingerprint density at radius 1 is 1.09 bits per heavy atom. The van der Waals surface area contributed by atoms with Gasteiger partial charge in [0.2, 0.25) is 0 Å². The first-order valence-corrected chi connectivity index (χ1v) is 10.8. The molecule has 0 aromatic carbocycles. The van der Waals surface area contributed by atoms with Gasteiger partial charge >= 0.3 is 0 Å². The zero-order chi connectivity index (χ0) is 25.5. The molecular formula is C19H23B6N5O4. The molecule has 3 atom stereocenters. The molecule has 9 nitrogen and oxygen atoms in total. The molecule has 166 valence electrons. The summed E-state index contributed by atoms with van der Waals surface area (Å²) < 4.78 is 12.7. The number of hydrogen-bond acceptors (Lipinski definition) is 8. The Morgan fingerprint density at radius 3 is 2.24 bits per heavy atom. The van der Waals surface area contributed by atoms with Crippen LogP contribution in [0.5, 0.6) is 0 Å². The largest absolute Gasteiger partial charge is 0.402 e. The van der Waals surface area contributed by atoms with Crippen molar-refractivity contribution < 1.29 is 19.7 Å². The Hall–Kier alpha value is -1.68. The van der Waals surface area contributed by atoms with Crippen LogP contribution in [0.25, 0.3) is 11.3 Å². The first-order valence-electron chi connectivity index (χ1n) is 10.8. The molecule has 15 heteroatoms. The topological polar surface area (TPSA) is 129 Å². The highest BCUT2D eigenvalue weighted by Gasteiger charge is 2.68. The van der Waals surface area contributed by atoms with Gasteiger partial charge < -0.3 is 25.4 Å². The molecule has 0 aliphatic heterocycles. The third-order valence-electron chi connectivity index (χ3n) is 6.39. The van der Waals surface area contributed by atoms with Crippen molar-refractivity contribution >= 4 is 52.9 Å². The summed E-state index contributed by atoms with van der Waals surface area (Å²) in [6, 6.07) is 0. The molecule has 0 saturated heterocycles. The summed E-state index contributed by atoms with van der Waals surface area (Å²) in [4.78, 5) is 8.43. The average Bonchev–Trinajstić information content (AvgIpc) is 3.23. The van der Waals surface area contributed by atoms with Crippen LogP contribution in [0.4, 0.5) is 5.82 Å². The van der Waals surface area contributed by atoms with E-state index in [1.165, 1.54) is 17.2 Å².